The van der Waals surface area contributed by atoms with Gasteiger partial charge in [0.15, 0.2) is 5.13 Å². The molecule has 0 radical (unpaired) electrons. The topological polar surface area (TPSA) is 77.2 Å². The van der Waals surface area contributed by atoms with Crippen molar-refractivity contribution >= 4 is 56.7 Å². The molecule has 0 fully saturated rings. The fourth-order valence-corrected chi connectivity index (χ4v) is 3.81. The molecule has 0 atom stereocenters. The van der Waals surface area contributed by atoms with Crippen LogP contribution in [-0.2, 0) is 0 Å². The van der Waals surface area contributed by atoms with Gasteiger partial charge in [0.05, 0.1) is 16.3 Å². The Morgan fingerprint density at radius 3 is 2.57 bits per heavy atom. The normalized spacial score (nSPS) is 10.5. The molecule has 3 rings (SSSR count). The number of rotatable bonds is 5. The molecule has 2 aromatic heterocycles. The summed E-state index contributed by atoms with van der Waals surface area (Å²) in [5.41, 5.74) is 6.71. The Hall–Kier alpha value is -2.09. The quantitative estimate of drug-likeness (QED) is 0.654. The molecule has 118 valence electrons. The molecule has 0 amide bonds. The molecule has 0 aliphatic carbocycles. The fraction of sp³-hybridized carbons (Fsp3) is 0.0667. The Kier molecular flexibility index (Phi) is 4.51. The molecule has 23 heavy (non-hydrogen) atoms. The number of hydrogen-bond donors (Lipinski definition) is 2. The van der Waals surface area contributed by atoms with Crippen LogP contribution < -0.4 is 15.8 Å². The van der Waals surface area contributed by atoms with Crippen LogP contribution in [0, 0.1) is 0 Å². The zero-order chi connectivity index (χ0) is 16.4. The van der Waals surface area contributed by atoms with E-state index in [1.54, 1.807) is 19.2 Å². The number of methoxy groups -OCH3 is 1. The Bertz CT molecular complexity index is 843. The maximum Gasteiger partial charge on any atom is 0.216 e. The summed E-state index contributed by atoms with van der Waals surface area (Å²) < 4.78 is 5.67. The first-order valence-electron chi connectivity index (χ1n) is 6.54. The SMILES string of the molecule is COc1ccc(Nc2nc(N)c(C(=O)c3ccc(Cl)s3)s2)cc1. The summed E-state index contributed by atoms with van der Waals surface area (Å²) in [7, 11) is 1.61. The lowest BCUT2D eigenvalue weighted by atomic mass is 10.3. The number of nitrogens with zero attached hydrogens (tertiary/aromatic N) is 1. The Morgan fingerprint density at radius 1 is 1.22 bits per heavy atom. The zero-order valence-electron chi connectivity index (χ0n) is 12.0. The van der Waals surface area contributed by atoms with Gasteiger partial charge in [0, 0.05) is 5.69 Å². The molecule has 3 N–H and O–H groups in total. The molecule has 0 spiro atoms. The van der Waals surface area contributed by atoms with Crippen LogP contribution in [0.3, 0.4) is 0 Å². The van der Waals surface area contributed by atoms with Gasteiger partial charge in [-0.1, -0.05) is 22.9 Å². The van der Waals surface area contributed by atoms with E-state index in [-0.39, 0.29) is 11.6 Å². The van der Waals surface area contributed by atoms with E-state index in [1.807, 2.05) is 24.3 Å². The summed E-state index contributed by atoms with van der Waals surface area (Å²) in [6.07, 6.45) is 0. The smallest absolute Gasteiger partial charge is 0.216 e. The van der Waals surface area contributed by atoms with Crippen molar-refractivity contribution in [3.8, 4) is 5.75 Å². The number of hydrogen-bond acceptors (Lipinski definition) is 7. The third-order valence-electron chi connectivity index (χ3n) is 3.00. The lowest BCUT2D eigenvalue weighted by Gasteiger charge is -2.03. The Balaban J connectivity index is 1.81. The predicted octanol–water partition coefficient (Wildman–Crippen LogP) is 4.42. The van der Waals surface area contributed by atoms with Crippen LogP contribution in [-0.4, -0.2) is 17.9 Å². The molecule has 0 bridgehead atoms. The molecular formula is C15H12ClN3O2S2. The van der Waals surface area contributed by atoms with E-state index in [0.717, 1.165) is 11.4 Å². The second kappa shape index (κ2) is 6.57. The van der Waals surface area contributed by atoms with Gasteiger partial charge in [0.25, 0.3) is 0 Å². The highest BCUT2D eigenvalue weighted by Crippen LogP contribution is 2.32. The van der Waals surface area contributed by atoms with Gasteiger partial charge in [-0.3, -0.25) is 4.79 Å². The molecule has 8 heteroatoms. The minimum absolute atomic E-state index is 0.167. The fourth-order valence-electron chi connectivity index (χ4n) is 1.89. The maximum absolute atomic E-state index is 12.4. The number of nitrogens with one attached hydrogen (secondary N) is 1. The van der Waals surface area contributed by atoms with Crippen molar-refractivity contribution in [3.63, 3.8) is 0 Å². The first kappa shape index (κ1) is 15.8. The van der Waals surface area contributed by atoms with Gasteiger partial charge in [0.2, 0.25) is 5.78 Å². The van der Waals surface area contributed by atoms with Crippen LogP contribution in [0.4, 0.5) is 16.6 Å². The third kappa shape index (κ3) is 3.47. The number of benzene rings is 1. The van der Waals surface area contributed by atoms with Gasteiger partial charge in [-0.15, -0.1) is 11.3 Å². The number of aromatic nitrogens is 1. The van der Waals surface area contributed by atoms with Crippen molar-refractivity contribution in [3.05, 3.63) is 50.5 Å². The molecule has 5 nitrogen and oxygen atoms in total. The van der Waals surface area contributed by atoms with Crippen LogP contribution in [0.5, 0.6) is 5.75 Å². The number of thiophene rings is 1. The van der Waals surface area contributed by atoms with Gasteiger partial charge in [-0.2, -0.15) is 0 Å². The number of nitrogen functional groups attached to an aromatic ring is 1. The molecule has 0 saturated carbocycles. The highest BCUT2D eigenvalue weighted by Gasteiger charge is 2.19. The Labute approximate surface area is 145 Å². The number of ether oxygens (including phenoxy) is 1. The van der Waals surface area contributed by atoms with Crippen molar-refractivity contribution in [2.24, 2.45) is 0 Å². The van der Waals surface area contributed by atoms with E-state index < -0.39 is 0 Å². The van der Waals surface area contributed by atoms with Crippen LogP contribution in [0.1, 0.15) is 14.5 Å². The lowest BCUT2D eigenvalue weighted by molar-refractivity contribution is 0.104. The molecule has 1 aromatic carbocycles. The number of halogens is 1. The molecule has 0 aliphatic rings. The Morgan fingerprint density at radius 2 is 1.96 bits per heavy atom. The minimum Gasteiger partial charge on any atom is -0.497 e. The predicted molar refractivity (Wildman–Crippen MR) is 95.6 cm³/mol. The third-order valence-corrected chi connectivity index (χ3v) is 5.21. The summed E-state index contributed by atoms with van der Waals surface area (Å²) in [6, 6.07) is 10.8. The lowest BCUT2D eigenvalue weighted by Crippen LogP contribution is -2.00. The standard InChI is InChI=1S/C15H12ClN3O2S2/c1-21-9-4-2-8(3-5-9)18-15-19-14(17)13(23-15)12(20)10-6-7-11(16)22-10/h2-7H,17H2,1H3,(H,18,19). The molecule has 0 aliphatic heterocycles. The van der Waals surface area contributed by atoms with Gasteiger partial charge < -0.3 is 15.8 Å². The summed E-state index contributed by atoms with van der Waals surface area (Å²) in [6.45, 7) is 0. The molecule has 0 saturated heterocycles. The average molecular weight is 366 g/mol. The monoisotopic (exact) mass is 365 g/mol. The first-order chi connectivity index (χ1) is 11.1. The van der Waals surface area contributed by atoms with Crippen molar-refractivity contribution in [2.75, 3.05) is 18.2 Å². The van der Waals surface area contributed by atoms with Crippen molar-refractivity contribution in [1.82, 2.24) is 4.98 Å². The van der Waals surface area contributed by atoms with E-state index in [9.17, 15) is 4.79 Å². The van der Waals surface area contributed by atoms with Crippen molar-refractivity contribution in [2.45, 2.75) is 0 Å². The van der Waals surface area contributed by atoms with E-state index in [1.165, 1.54) is 22.7 Å². The summed E-state index contributed by atoms with van der Waals surface area (Å²) in [5.74, 6) is 0.805. The van der Waals surface area contributed by atoms with Crippen LogP contribution in [0.25, 0.3) is 0 Å². The minimum atomic E-state index is -0.167. The molecular weight excluding hydrogens is 354 g/mol. The van der Waals surface area contributed by atoms with Crippen molar-refractivity contribution in [1.29, 1.82) is 0 Å². The highest BCUT2D eigenvalue weighted by molar-refractivity contribution is 7.21. The van der Waals surface area contributed by atoms with Gasteiger partial charge in [0.1, 0.15) is 16.4 Å². The van der Waals surface area contributed by atoms with E-state index >= 15 is 0 Å². The number of anilines is 3. The number of ketones is 1. The summed E-state index contributed by atoms with van der Waals surface area (Å²) in [5, 5.41) is 3.68. The first-order valence-corrected chi connectivity index (χ1v) is 8.55. The summed E-state index contributed by atoms with van der Waals surface area (Å²) in [4.78, 5) is 17.6. The summed E-state index contributed by atoms with van der Waals surface area (Å²) >= 11 is 8.30. The largest absolute Gasteiger partial charge is 0.497 e. The van der Waals surface area contributed by atoms with Gasteiger partial charge in [-0.25, -0.2) is 4.98 Å². The second-order valence-corrected chi connectivity index (χ2v) is 7.23. The van der Waals surface area contributed by atoms with Crippen LogP contribution in [0.15, 0.2) is 36.4 Å². The molecule has 0 unspecified atom stereocenters. The van der Waals surface area contributed by atoms with E-state index in [2.05, 4.69) is 10.3 Å². The number of thiazole rings is 1. The van der Waals surface area contributed by atoms with Crippen molar-refractivity contribution < 1.29 is 9.53 Å². The van der Waals surface area contributed by atoms with Gasteiger partial charge >= 0.3 is 0 Å². The van der Waals surface area contributed by atoms with Crippen LogP contribution in [0.2, 0.25) is 4.34 Å². The average Bonchev–Trinajstić information content (AvgIpc) is 3.13. The molecule has 3 aromatic rings. The highest BCUT2D eigenvalue weighted by atomic mass is 35.5. The van der Waals surface area contributed by atoms with E-state index in [0.29, 0.717) is 19.2 Å². The zero-order valence-corrected chi connectivity index (χ0v) is 14.4. The molecule has 2 heterocycles. The second-order valence-electron chi connectivity index (χ2n) is 4.52. The number of carbonyl (C=O) groups excluding carboxylic acids is 1. The van der Waals surface area contributed by atoms with Gasteiger partial charge in [-0.05, 0) is 36.4 Å². The number of nitrogens with two attached hydrogens (primary N) is 1. The number of carbonyl (C=O) groups is 1. The van der Waals surface area contributed by atoms with Crippen LogP contribution >= 0.6 is 34.3 Å². The maximum atomic E-state index is 12.4. The van der Waals surface area contributed by atoms with E-state index in [4.69, 9.17) is 22.1 Å².